The molecule has 4 aromatic rings. The quantitative estimate of drug-likeness (QED) is 0.573. The lowest BCUT2D eigenvalue weighted by atomic mass is 10.1. The van der Waals surface area contributed by atoms with Gasteiger partial charge in [-0.15, -0.1) is 10.2 Å². The van der Waals surface area contributed by atoms with Gasteiger partial charge in [0.1, 0.15) is 5.01 Å². The van der Waals surface area contributed by atoms with Gasteiger partial charge in [0.25, 0.3) is 5.91 Å². The Bertz CT molecular complexity index is 1180. The molecular formula is C19H15N5O3S. The highest BCUT2D eigenvalue weighted by molar-refractivity contribution is 7.19. The van der Waals surface area contributed by atoms with E-state index >= 15 is 0 Å². The van der Waals surface area contributed by atoms with Crippen LogP contribution in [-0.4, -0.2) is 32.5 Å². The molecule has 1 aliphatic heterocycles. The average molecular weight is 393 g/mol. The Kier molecular flexibility index (Phi) is 3.94. The Morgan fingerprint density at radius 2 is 1.96 bits per heavy atom. The molecule has 28 heavy (non-hydrogen) atoms. The molecule has 1 amide bonds. The highest BCUT2D eigenvalue weighted by Crippen LogP contribution is 2.32. The molecule has 0 bridgehead atoms. The summed E-state index contributed by atoms with van der Waals surface area (Å²) in [6.07, 6.45) is 0. The standard InChI is InChI=1S/C19H15N5O3S/c1-11-21-22-19-24(11)23-18(28-19)13-4-2-12(3-5-13)9-20-17(25)14-6-7-15-16(8-14)27-10-26-15/h2-8H,9-10H2,1H3,(H,20,25). The van der Waals surface area contributed by atoms with Crippen LogP contribution >= 0.6 is 11.3 Å². The van der Waals surface area contributed by atoms with Gasteiger partial charge in [0, 0.05) is 17.7 Å². The maximum atomic E-state index is 12.4. The average Bonchev–Trinajstić information content (AvgIpc) is 3.43. The zero-order valence-electron chi connectivity index (χ0n) is 14.9. The van der Waals surface area contributed by atoms with Crippen LogP contribution in [0.2, 0.25) is 0 Å². The first-order chi connectivity index (χ1) is 13.7. The fourth-order valence-electron chi connectivity index (χ4n) is 2.92. The highest BCUT2D eigenvalue weighted by atomic mass is 32.1. The number of nitrogens with zero attached hydrogens (tertiary/aromatic N) is 4. The molecule has 2 aromatic heterocycles. The molecule has 9 heteroatoms. The lowest BCUT2D eigenvalue weighted by molar-refractivity contribution is 0.0950. The van der Waals surface area contributed by atoms with Crippen LogP contribution in [0.5, 0.6) is 11.5 Å². The number of fused-ring (bicyclic) bond motifs is 2. The first-order valence-corrected chi connectivity index (χ1v) is 9.45. The van der Waals surface area contributed by atoms with Crippen molar-refractivity contribution in [2.75, 3.05) is 6.79 Å². The molecule has 0 atom stereocenters. The number of carbonyl (C=O) groups is 1. The summed E-state index contributed by atoms with van der Waals surface area (Å²) in [5.74, 6) is 1.86. The Balaban J connectivity index is 1.26. The van der Waals surface area contributed by atoms with Crippen LogP contribution in [0.25, 0.3) is 15.5 Å². The summed E-state index contributed by atoms with van der Waals surface area (Å²) in [5.41, 5.74) is 2.54. The van der Waals surface area contributed by atoms with Crippen molar-refractivity contribution < 1.29 is 14.3 Å². The number of amides is 1. The summed E-state index contributed by atoms with van der Waals surface area (Å²) in [6.45, 7) is 2.49. The van der Waals surface area contributed by atoms with E-state index in [4.69, 9.17) is 9.47 Å². The van der Waals surface area contributed by atoms with Crippen LogP contribution in [-0.2, 0) is 6.54 Å². The molecule has 5 rings (SSSR count). The minimum Gasteiger partial charge on any atom is -0.454 e. The van der Waals surface area contributed by atoms with E-state index in [0.29, 0.717) is 23.6 Å². The molecule has 1 aliphatic rings. The molecule has 140 valence electrons. The van der Waals surface area contributed by atoms with Crippen molar-refractivity contribution in [3.63, 3.8) is 0 Å². The molecular weight excluding hydrogens is 378 g/mol. The largest absolute Gasteiger partial charge is 0.454 e. The zero-order chi connectivity index (χ0) is 19.1. The summed E-state index contributed by atoms with van der Waals surface area (Å²) in [4.78, 5) is 13.1. The van der Waals surface area contributed by atoms with E-state index < -0.39 is 0 Å². The number of ether oxygens (including phenoxy) is 2. The smallest absolute Gasteiger partial charge is 0.251 e. The molecule has 0 fully saturated rings. The normalized spacial score (nSPS) is 12.5. The highest BCUT2D eigenvalue weighted by Gasteiger charge is 2.16. The fourth-order valence-corrected chi connectivity index (χ4v) is 3.81. The van der Waals surface area contributed by atoms with Crippen molar-refractivity contribution in [3.05, 3.63) is 59.4 Å². The summed E-state index contributed by atoms with van der Waals surface area (Å²) in [6, 6.07) is 13.1. The van der Waals surface area contributed by atoms with E-state index in [2.05, 4.69) is 20.6 Å². The van der Waals surface area contributed by atoms with Gasteiger partial charge in [-0.2, -0.15) is 9.61 Å². The summed E-state index contributed by atoms with van der Waals surface area (Å²) in [5, 5.41) is 16.4. The molecule has 8 nitrogen and oxygen atoms in total. The summed E-state index contributed by atoms with van der Waals surface area (Å²) in [7, 11) is 0. The van der Waals surface area contributed by atoms with Gasteiger partial charge >= 0.3 is 0 Å². The van der Waals surface area contributed by atoms with Gasteiger partial charge in [-0.3, -0.25) is 4.79 Å². The summed E-state index contributed by atoms with van der Waals surface area (Å²) >= 11 is 1.49. The number of nitrogens with one attached hydrogen (secondary N) is 1. The predicted molar refractivity (Wildman–Crippen MR) is 103 cm³/mol. The van der Waals surface area contributed by atoms with Crippen LogP contribution in [0.1, 0.15) is 21.7 Å². The topological polar surface area (TPSA) is 90.6 Å². The minimum absolute atomic E-state index is 0.161. The molecule has 0 saturated heterocycles. The molecule has 0 aliphatic carbocycles. The summed E-state index contributed by atoms with van der Waals surface area (Å²) < 4.78 is 12.3. The first kappa shape index (κ1) is 16.7. The zero-order valence-corrected chi connectivity index (χ0v) is 15.7. The maximum Gasteiger partial charge on any atom is 0.251 e. The first-order valence-electron chi connectivity index (χ1n) is 8.63. The van der Waals surface area contributed by atoms with Crippen molar-refractivity contribution in [2.45, 2.75) is 13.5 Å². The third-order valence-electron chi connectivity index (χ3n) is 4.44. The number of hydrogen-bond donors (Lipinski definition) is 1. The maximum absolute atomic E-state index is 12.4. The predicted octanol–water partition coefficient (Wildman–Crippen LogP) is 2.82. The van der Waals surface area contributed by atoms with Crippen molar-refractivity contribution >= 4 is 22.2 Å². The number of carbonyl (C=O) groups excluding carboxylic acids is 1. The van der Waals surface area contributed by atoms with Gasteiger partial charge in [0.2, 0.25) is 11.8 Å². The second-order valence-electron chi connectivity index (χ2n) is 6.30. The van der Waals surface area contributed by atoms with E-state index in [0.717, 1.165) is 26.9 Å². The second-order valence-corrected chi connectivity index (χ2v) is 7.25. The monoisotopic (exact) mass is 393 g/mol. The number of rotatable bonds is 4. The fraction of sp³-hybridized carbons (Fsp3) is 0.158. The van der Waals surface area contributed by atoms with E-state index in [1.165, 1.54) is 11.3 Å². The number of aryl methyl sites for hydroxylation is 1. The lowest BCUT2D eigenvalue weighted by Crippen LogP contribution is -2.22. The number of hydrogen-bond acceptors (Lipinski definition) is 7. The van der Waals surface area contributed by atoms with Gasteiger partial charge in [0.05, 0.1) is 0 Å². The Morgan fingerprint density at radius 1 is 1.14 bits per heavy atom. The van der Waals surface area contributed by atoms with Crippen molar-refractivity contribution in [2.24, 2.45) is 0 Å². The van der Waals surface area contributed by atoms with Gasteiger partial charge in [-0.05, 0) is 30.7 Å². The Hall–Kier alpha value is -3.46. The SMILES string of the molecule is Cc1nnc2sc(-c3ccc(CNC(=O)c4ccc5c(c4)OCO5)cc3)nn12. The molecule has 0 unspecified atom stereocenters. The Morgan fingerprint density at radius 3 is 2.79 bits per heavy atom. The molecule has 2 aromatic carbocycles. The van der Waals surface area contributed by atoms with Crippen molar-refractivity contribution in [3.8, 4) is 22.1 Å². The molecule has 0 spiro atoms. The van der Waals surface area contributed by atoms with Crippen molar-refractivity contribution in [1.29, 1.82) is 0 Å². The van der Waals surface area contributed by atoms with Gasteiger partial charge in [-0.25, -0.2) is 0 Å². The minimum atomic E-state index is -0.161. The molecule has 3 heterocycles. The third-order valence-corrected chi connectivity index (χ3v) is 5.38. The van der Waals surface area contributed by atoms with Gasteiger partial charge < -0.3 is 14.8 Å². The lowest BCUT2D eigenvalue weighted by Gasteiger charge is -2.07. The van der Waals surface area contributed by atoms with Crippen LogP contribution in [0.15, 0.2) is 42.5 Å². The molecule has 1 N–H and O–H groups in total. The van der Waals surface area contributed by atoms with E-state index in [1.807, 2.05) is 31.2 Å². The van der Waals surface area contributed by atoms with E-state index in [1.54, 1.807) is 22.7 Å². The van der Waals surface area contributed by atoms with Crippen LogP contribution in [0, 0.1) is 6.92 Å². The van der Waals surface area contributed by atoms with Crippen LogP contribution in [0.4, 0.5) is 0 Å². The van der Waals surface area contributed by atoms with Crippen LogP contribution in [0.3, 0.4) is 0 Å². The second kappa shape index (κ2) is 6.61. The van der Waals surface area contributed by atoms with Gasteiger partial charge in [0.15, 0.2) is 17.3 Å². The van der Waals surface area contributed by atoms with Gasteiger partial charge in [-0.1, -0.05) is 35.6 Å². The number of aromatic nitrogens is 4. The molecule has 0 saturated carbocycles. The van der Waals surface area contributed by atoms with Crippen molar-refractivity contribution in [1.82, 2.24) is 25.1 Å². The van der Waals surface area contributed by atoms with E-state index in [9.17, 15) is 4.79 Å². The molecule has 0 radical (unpaired) electrons. The van der Waals surface area contributed by atoms with E-state index in [-0.39, 0.29) is 12.7 Å². The third kappa shape index (κ3) is 2.95. The Labute approximate surface area is 163 Å². The van der Waals surface area contributed by atoms with Crippen LogP contribution < -0.4 is 14.8 Å². The number of benzene rings is 2.